The van der Waals surface area contributed by atoms with Crippen LogP contribution in [0.2, 0.25) is 0 Å². The predicted molar refractivity (Wildman–Crippen MR) is 47.2 cm³/mol. The molecule has 86 valence electrons. The minimum absolute atomic E-state index is 0. The van der Waals surface area contributed by atoms with E-state index in [4.69, 9.17) is 9.47 Å². The first kappa shape index (κ1) is 18.7. The molecule has 0 unspecified atom stereocenters. The van der Waals surface area contributed by atoms with Crippen LogP contribution in [0.5, 0.6) is 0 Å². The van der Waals surface area contributed by atoms with E-state index in [1.807, 2.05) is 0 Å². The van der Waals surface area contributed by atoms with Crippen molar-refractivity contribution in [2.45, 2.75) is 6.42 Å². The molecule has 0 aliphatic rings. The maximum atomic E-state index is 11.6. The fourth-order valence-corrected chi connectivity index (χ4v) is 0.724. The van der Waals surface area contributed by atoms with Gasteiger partial charge in [0.05, 0.1) is 13.2 Å². The first-order chi connectivity index (χ1) is 6.56. The Bertz CT molecular complexity index is 137. The van der Waals surface area contributed by atoms with Crippen LogP contribution in [0.1, 0.15) is 6.42 Å². The van der Waals surface area contributed by atoms with Crippen LogP contribution in [0.3, 0.4) is 0 Å². The third-order valence-corrected chi connectivity index (χ3v) is 1.32. The Balaban J connectivity index is 0. The van der Waals surface area contributed by atoms with E-state index < -0.39 is 13.5 Å². The molecule has 0 bridgehead atoms. The van der Waals surface area contributed by atoms with Gasteiger partial charge in [0.1, 0.15) is 0 Å². The Kier molecular flexibility index (Phi) is 14.8. The van der Waals surface area contributed by atoms with Crippen LogP contribution in [0.25, 0.3) is 0 Å². The Labute approximate surface area is 130 Å². The van der Waals surface area contributed by atoms with Gasteiger partial charge in [-0.3, -0.25) is 0 Å². The van der Waals surface area contributed by atoms with Crippen LogP contribution in [0.15, 0.2) is 0 Å². The summed E-state index contributed by atoms with van der Waals surface area (Å²) in [6.45, 7) is -4.52. The number of halogens is 3. The molecular weight excluding hydrogens is 239 g/mol. The molecule has 0 aromatic heterocycles. The van der Waals surface area contributed by atoms with Crippen LogP contribution in [-0.2, 0) is 14.2 Å². The zero-order valence-electron chi connectivity index (χ0n) is 9.18. The van der Waals surface area contributed by atoms with Crippen LogP contribution in [0, 0.1) is 0 Å². The van der Waals surface area contributed by atoms with Crippen LogP contribution in [-0.4, -0.2) is 47.0 Å². The molecule has 0 radical (unpaired) electrons. The van der Waals surface area contributed by atoms with Gasteiger partial charge < -0.3 is 27.2 Å². The molecule has 0 heterocycles. The summed E-state index contributed by atoms with van der Waals surface area (Å²) in [5, 5.41) is 0. The van der Waals surface area contributed by atoms with Crippen molar-refractivity contribution < 1.29 is 78.5 Å². The van der Waals surface area contributed by atoms with Crippen LogP contribution in [0.4, 0.5) is 12.9 Å². The summed E-state index contributed by atoms with van der Waals surface area (Å²) in [5.41, 5.74) is 0. The molecule has 0 aromatic rings. The van der Waals surface area contributed by atoms with Crippen molar-refractivity contribution in [1.82, 2.24) is 0 Å². The van der Waals surface area contributed by atoms with E-state index in [2.05, 4.69) is 4.74 Å². The number of ether oxygens (including phenoxy) is 3. The Morgan fingerprint density at radius 1 is 0.933 bits per heavy atom. The van der Waals surface area contributed by atoms with E-state index >= 15 is 0 Å². The second-order valence-electron chi connectivity index (χ2n) is 2.74. The summed E-state index contributed by atoms with van der Waals surface area (Å²) >= 11 is 0. The van der Waals surface area contributed by atoms with Gasteiger partial charge in [0.15, 0.2) is 0 Å². The summed E-state index contributed by atoms with van der Waals surface area (Å²) in [7, 11) is 1.55. The van der Waals surface area contributed by atoms with E-state index in [0.29, 0.717) is 26.2 Å². The molecule has 0 amide bonds. The fraction of sp³-hybridized carbons (Fsp3) is 1.00. The van der Waals surface area contributed by atoms with E-state index in [1.54, 1.807) is 7.11 Å². The van der Waals surface area contributed by atoms with Crippen molar-refractivity contribution >= 4 is 6.98 Å². The normalized spacial score (nSPS) is 11.2. The van der Waals surface area contributed by atoms with E-state index in [1.165, 1.54) is 0 Å². The fourth-order valence-electron chi connectivity index (χ4n) is 0.724. The number of methoxy groups -OCH3 is 1. The third kappa shape index (κ3) is 18.0. The van der Waals surface area contributed by atoms with Crippen molar-refractivity contribution in [2.24, 2.45) is 0 Å². The Morgan fingerprint density at radius 3 is 2.07 bits per heavy atom. The third-order valence-electron chi connectivity index (χ3n) is 1.32. The Morgan fingerprint density at radius 2 is 1.53 bits per heavy atom. The smallest absolute Gasteiger partial charge is 0.447 e. The van der Waals surface area contributed by atoms with Gasteiger partial charge in [0.2, 0.25) is 0 Å². The van der Waals surface area contributed by atoms with Crippen molar-refractivity contribution in [3.05, 3.63) is 0 Å². The average molecular weight is 254 g/mol. The molecular formula is C7H15BF3KO3. The molecule has 15 heavy (non-hydrogen) atoms. The molecule has 0 aliphatic carbocycles. The molecule has 8 heteroatoms. The number of hydrogen-bond acceptors (Lipinski definition) is 3. The molecule has 0 N–H and O–H groups in total. The molecule has 0 aliphatic heterocycles. The van der Waals surface area contributed by atoms with Crippen LogP contribution < -0.4 is 51.4 Å². The summed E-state index contributed by atoms with van der Waals surface area (Å²) in [6, 6.07) is 0. The van der Waals surface area contributed by atoms with Crippen molar-refractivity contribution in [2.75, 3.05) is 40.0 Å². The van der Waals surface area contributed by atoms with Crippen molar-refractivity contribution in [1.29, 1.82) is 0 Å². The molecule has 0 aromatic carbocycles. The van der Waals surface area contributed by atoms with Gasteiger partial charge in [-0.25, -0.2) is 0 Å². The second-order valence-corrected chi connectivity index (χ2v) is 2.74. The predicted octanol–water partition coefficient (Wildman–Crippen LogP) is -1.55. The zero-order valence-corrected chi connectivity index (χ0v) is 12.3. The standard InChI is InChI=1S/C7H15BF3O3.K/c1-12-5-6-13-3-2-4-14-7-8(9,10)11;/h2-7H2,1H3;/q-1;+1. The molecule has 0 fully saturated rings. The van der Waals surface area contributed by atoms with Gasteiger partial charge in [0, 0.05) is 26.8 Å². The first-order valence-corrected chi connectivity index (χ1v) is 4.41. The van der Waals surface area contributed by atoms with E-state index in [9.17, 15) is 12.9 Å². The zero-order chi connectivity index (χ0) is 10.9. The van der Waals surface area contributed by atoms with E-state index in [-0.39, 0.29) is 58.0 Å². The summed E-state index contributed by atoms with van der Waals surface area (Å²) in [6.07, 6.45) is 0.468. The Hall–Kier alpha value is 1.37. The maximum absolute atomic E-state index is 11.6. The largest absolute Gasteiger partial charge is 1.00 e. The van der Waals surface area contributed by atoms with Gasteiger partial charge in [-0.1, -0.05) is 0 Å². The number of rotatable bonds is 9. The van der Waals surface area contributed by atoms with Gasteiger partial charge in [0.25, 0.3) is 0 Å². The summed E-state index contributed by atoms with van der Waals surface area (Å²) in [5.74, 6) is 0. The topological polar surface area (TPSA) is 27.7 Å². The second kappa shape index (κ2) is 11.8. The quantitative estimate of drug-likeness (QED) is 0.368. The molecule has 0 atom stereocenters. The molecule has 3 nitrogen and oxygen atoms in total. The van der Waals surface area contributed by atoms with Gasteiger partial charge in [-0.2, -0.15) is 0 Å². The molecule has 0 rings (SSSR count). The minimum Gasteiger partial charge on any atom is -0.447 e. The van der Waals surface area contributed by atoms with Crippen molar-refractivity contribution in [3.63, 3.8) is 0 Å². The van der Waals surface area contributed by atoms with Gasteiger partial charge >= 0.3 is 58.4 Å². The molecule has 0 spiro atoms. The first-order valence-electron chi connectivity index (χ1n) is 4.41. The average Bonchev–Trinajstić information content (AvgIpc) is 2.08. The minimum atomic E-state index is -4.82. The van der Waals surface area contributed by atoms with Crippen LogP contribution >= 0.6 is 0 Å². The summed E-state index contributed by atoms with van der Waals surface area (Å²) < 4.78 is 49.0. The van der Waals surface area contributed by atoms with Crippen molar-refractivity contribution in [3.8, 4) is 0 Å². The van der Waals surface area contributed by atoms with Gasteiger partial charge in [-0.05, 0) is 6.42 Å². The molecule has 0 saturated heterocycles. The van der Waals surface area contributed by atoms with Gasteiger partial charge in [-0.15, -0.1) is 0 Å². The monoisotopic (exact) mass is 254 g/mol. The maximum Gasteiger partial charge on any atom is 1.00 e. The van der Waals surface area contributed by atoms with E-state index in [0.717, 1.165) is 0 Å². The molecule has 0 saturated carbocycles. The number of hydrogen-bond donors (Lipinski definition) is 0. The SMILES string of the molecule is COCCOCCCOC[B-](F)(F)F.[K+]. The summed E-state index contributed by atoms with van der Waals surface area (Å²) in [4.78, 5) is 0.